The second kappa shape index (κ2) is 7.53. The van der Waals surface area contributed by atoms with Crippen LogP contribution in [0.25, 0.3) is 0 Å². The summed E-state index contributed by atoms with van der Waals surface area (Å²) in [5.41, 5.74) is 2.63. The summed E-state index contributed by atoms with van der Waals surface area (Å²) in [6, 6.07) is 17.3. The molecule has 3 heteroatoms. The van der Waals surface area contributed by atoms with Crippen LogP contribution in [0, 0.1) is 6.92 Å². The molecule has 2 aromatic rings. The molecular formula is C18H23NOS. The maximum absolute atomic E-state index is 5.20. The maximum Gasteiger partial charge on any atom is 0.118 e. The molecule has 0 amide bonds. The third-order valence-corrected chi connectivity index (χ3v) is 4.79. The van der Waals surface area contributed by atoms with E-state index in [1.54, 1.807) is 7.11 Å². The first kappa shape index (κ1) is 15.9. The Morgan fingerprint density at radius 3 is 2.14 bits per heavy atom. The van der Waals surface area contributed by atoms with E-state index in [1.807, 2.05) is 30.9 Å². The molecule has 0 spiro atoms. The maximum atomic E-state index is 5.20. The minimum Gasteiger partial charge on any atom is -0.497 e. The molecule has 0 aliphatic rings. The van der Waals surface area contributed by atoms with Crippen molar-refractivity contribution in [3.63, 3.8) is 0 Å². The number of methoxy groups -OCH3 is 1. The first-order valence-corrected chi connectivity index (χ1v) is 8.06. The van der Waals surface area contributed by atoms with Crippen LogP contribution in [-0.4, -0.2) is 19.4 Å². The molecule has 0 aromatic heterocycles. The van der Waals surface area contributed by atoms with Crippen LogP contribution in [-0.2, 0) is 0 Å². The van der Waals surface area contributed by atoms with Gasteiger partial charge in [0.05, 0.1) is 7.11 Å². The summed E-state index contributed by atoms with van der Waals surface area (Å²) >= 11 is 1.88. The van der Waals surface area contributed by atoms with Crippen LogP contribution in [0.2, 0.25) is 0 Å². The zero-order valence-corrected chi connectivity index (χ0v) is 13.9. The van der Waals surface area contributed by atoms with Crippen molar-refractivity contribution >= 4 is 11.8 Å². The summed E-state index contributed by atoms with van der Waals surface area (Å²) < 4.78 is 5.20. The lowest BCUT2D eigenvalue weighted by atomic mass is 10.0. The van der Waals surface area contributed by atoms with Crippen molar-refractivity contribution in [2.24, 2.45) is 0 Å². The number of rotatable bonds is 6. The van der Waals surface area contributed by atoms with Crippen LogP contribution >= 0.6 is 11.8 Å². The van der Waals surface area contributed by atoms with Crippen molar-refractivity contribution in [3.05, 3.63) is 59.7 Å². The first-order chi connectivity index (χ1) is 10.1. The Bertz CT molecular complexity index is 550. The number of nitrogens with one attached hydrogen (secondary N) is 1. The predicted molar refractivity (Wildman–Crippen MR) is 91.3 cm³/mol. The minimum atomic E-state index is 0.331. The Balaban J connectivity index is 2.08. The SMILES string of the molecule is CNC(c1ccc(C)cc1)C(C)Sc1ccc(OC)cc1. The van der Waals surface area contributed by atoms with Gasteiger partial charge in [-0.15, -0.1) is 11.8 Å². The zero-order chi connectivity index (χ0) is 15.2. The van der Waals surface area contributed by atoms with Crippen LogP contribution in [0.5, 0.6) is 5.75 Å². The molecule has 112 valence electrons. The number of aryl methyl sites for hydroxylation is 1. The second-order valence-corrected chi connectivity index (χ2v) is 6.63. The van der Waals surface area contributed by atoms with Gasteiger partial charge in [-0.25, -0.2) is 0 Å². The highest BCUT2D eigenvalue weighted by Crippen LogP contribution is 2.32. The van der Waals surface area contributed by atoms with Gasteiger partial charge >= 0.3 is 0 Å². The Kier molecular flexibility index (Phi) is 5.71. The molecule has 2 unspecified atom stereocenters. The summed E-state index contributed by atoms with van der Waals surface area (Å²) in [4.78, 5) is 1.26. The normalized spacial score (nSPS) is 13.7. The summed E-state index contributed by atoms with van der Waals surface area (Å²) in [5, 5.41) is 3.87. The fraction of sp³-hybridized carbons (Fsp3) is 0.333. The summed E-state index contributed by atoms with van der Waals surface area (Å²) in [6.45, 7) is 4.38. The molecule has 0 saturated heterocycles. The van der Waals surface area contributed by atoms with E-state index in [0.717, 1.165) is 5.75 Å². The first-order valence-electron chi connectivity index (χ1n) is 7.18. The van der Waals surface area contributed by atoms with Crippen LogP contribution in [0.1, 0.15) is 24.1 Å². The molecule has 2 aromatic carbocycles. The van der Waals surface area contributed by atoms with Gasteiger partial charge in [0.15, 0.2) is 0 Å². The van der Waals surface area contributed by atoms with E-state index < -0.39 is 0 Å². The number of thioether (sulfide) groups is 1. The quantitative estimate of drug-likeness (QED) is 0.797. The fourth-order valence-corrected chi connectivity index (χ4v) is 3.53. The average molecular weight is 301 g/mol. The van der Waals surface area contributed by atoms with Crippen LogP contribution in [0.3, 0.4) is 0 Å². The van der Waals surface area contributed by atoms with Gasteiger partial charge in [-0.3, -0.25) is 0 Å². The Morgan fingerprint density at radius 1 is 1.00 bits per heavy atom. The van der Waals surface area contributed by atoms with Gasteiger partial charge in [0.25, 0.3) is 0 Å². The number of benzene rings is 2. The average Bonchev–Trinajstić information content (AvgIpc) is 2.50. The predicted octanol–water partition coefficient (Wildman–Crippen LogP) is 4.44. The lowest BCUT2D eigenvalue weighted by Crippen LogP contribution is -2.25. The lowest BCUT2D eigenvalue weighted by Gasteiger charge is -2.24. The van der Waals surface area contributed by atoms with Crippen molar-refractivity contribution in [1.29, 1.82) is 0 Å². The molecule has 2 rings (SSSR count). The third-order valence-electron chi connectivity index (χ3n) is 3.60. The van der Waals surface area contributed by atoms with Gasteiger partial charge < -0.3 is 10.1 Å². The summed E-state index contributed by atoms with van der Waals surface area (Å²) in [5.74, 6) is 0.899. The van der Waals surface area contributed by atoms with Gasteiger partial charge in [0, 0.05) is 16.2 Å². The van der Waals surface area contributed by atoms with E-state index in [1.165, 1.54) is 16.0 Å². The van der Waals surface area contributed by atoms with Crippen molar-refractivity contribution in [2.75, 3.05) is 14.2 Å². The highest BCUT2D eigenvalue weighted by Gasteiger charge is 2.18. The molecule has 0 heterocycles. The smallest absolute Gasteiger partial charge is 0.118 e. The zero-order valence-electron chi connectivity index (χ0n) is 13.1. The lowest BCUT2D eigenvalue weighted by molar-refractivity contribution is 0.414. The van der Waals surface area contributed by atoms with E-state index in [9.17, 15) is 0 Å². The molecule has 1 N–H and O–H groups in total. The van der Waals surface area contributed by atoms with Crippen LogP contribution in [0.4, 0.5) is 0 Å². The molecule has 0 aliphatic carbocycles. The number of hydrogen-bond donors (Lipinski definition) is 1. The van der Waals surface area contributed by atoms with E-state index in [2.05, 4.69) is 55.6 Å². The molecule has 0 fully saturated rings. The molecule has 0 aliphatic heterocycles. The van der Waals surface area contributed by atoms with Crippen molar-refractivity contribution in [1.82, 2.24) is 5.32 Å². The minimum absolute atomic E-state index is 0.331. The van der Waals surface area contributed by atoms with E-state index in [-0.39, 0.29) is 0 Å². The summed E-state index contributed by atoms with van der Waals surface area (Å²) in [6.07, 6.45) is 0. The second-order valence-electron chi connectivity index (χ2n) is 5.18. The Labute approximate surface area is 131 Å². The molecule has 2 nitrogen and oxygen atoms in total. The number of hydrogen-bond acceptors (Lipinski definition) is 3. The number of ether oxygens (including phenoxy) is 1. The molecule has 0 bridgehead atoms. The fourth-order valence-electron chi connectivity index (χ4n) is 2.38. The van der Waals surface area contributed by atoms with E-state index >= 15 is 0 Å². The van der Waals surface area contributed by atoms with Gasteiger partial charge in [0.1, 0.15) is 5.75 Å². The summed E-state index contributed by atoms with van der Waals surface area (Å²) in [7, 11) is 3.72. The van der Waals surface area contributed by atoms with E-state index in [4.69, 9.17) is 4.74 Å². The molecule has 21 heavy (non-hydrogen) atoms. The van der Waals surface area contributed by atoms with E-state index in [0.29, 0.717) is 11.3 Å². The van der Waals surface area contributed by atoms with Crippen molar-refractivity contribution < 1.29 is 4.74 Å². The van der Waals surface area contributed by atoms with Gasteiger partial charge in [-0.1, -0.05) is 36.8 Å². The highest BCUT2D eigenvalue weighted by molar-refractivity contribution is 8.00. The topological polar surface area (TPSA) is 21.3 Å². The Hall–Kier alpha value is -1.45. The van der Waals surface area contributed by atoms with Crippen LogP contribution in [0.15, 0.2) is 53.4 Å². The van der Waals surface area contributed by atoms with Gasteiger partial charge in [0.2, 0.25) is 0 Å². The van der Waals surface area contributed by atoms with Crippen molar-refractivity contribution in [2.45, 2.75) is 30.0 Å². The monoisotopic (exact) mass is 301 g/mol. The van der Waals surface area contributed by atoms with Crippen LogP contribution < -0.4 is 10.1 Å². The largest absolute Gasteiger partial charge is 0.497 e. The molecule has 0 radical (unpaired) electrons. The molecule has 0 saturated carbocycles. The standard InChI is InChI=1S/C18H23NOS/c1-13-5-7-15(8-6-13)18(19-3)14(2)21-17-11-9-16(20-4)10-12-17/h5-12,14,18-19H,1-4H3. The molecular weight excluding hydrogens is 278 g/mol. The van der Waals surface area contributed by atoms with Gasteiger partial charge in [-0.2, -0.15) is 0 Å². The Morgan fingerprint density at radius 2 is 1.62 bits per heavy atom. The van der Waals surface area contributed by atoms with Gasteiger partial charge in [-0.05, 0) is 43.8 Å². The highest BCUT2D eigenvalue weighted by atomic mass is 32.2. The molecule has 2 atom stereocenters. The van der Waals surface area contributed by atoms with Crippen molar-refractivity contribution in [3.8, 4) is 5.75 Å². The third kappa shape index (κ3) is 4.26.